The molecule has 0 aromatic heterocycles. The van der Waals surface area contributed by atoms with Gasteiger partial charge in [0.15, 0.2) is 6.61 Å². The lowest BCUT2D eigenvalue weighted by Crippen LogP contribution is -2.54. The number of amides is 1. The number of ether oxygens (including phenoxy) is 1. The fourth-order valence-electron chi connectivity index (χ4n) is 9.10. The lowest BCUT2D eigenvalue weighted by Gasteiger charge is -2.50. The molecule has 1 aromatic carbocycles. The van der Waals surface area contributed by atoms with Gasteiger partial charge in [0.05, 0.1) is 5.92 Å². The Bertz CT molecular complexity index is 1050. The molecule has 1 amide bonds. The maximum atomic E-state index is 13.8. The van der Waals surface area contributed by atoms with E-state index in [2.05, 4.69) is 13.8 Å². The van der Waals surface area contributed by atoms with Crippen LogP contribution in [0.1, 0.15) is 77.2 Å². The Hall–Kier alpha value is -2.24. The summed E-state index contributed by atoms with van der Waals surface area (Å²) in [6, 6.07) is 6.36. The Kier molecular flexibility index (Phi) is 6.43. The van der Waals surface area contributed by atoms with E-state index in [9.17, 15) is 18.8 Å². The van der Waals surface area contributed by atoms with Crippen molar-refractivity contribution < 1.29 is 23.5 Å². The molecule has 6 heteroatoms. The maximum absolute atomic E-state index is 13.8. The van der Waals surface area contributed by atoms with Crippen molar-refractivity contribution in [3.63, 3.8) is 0 Å². The summed E-state index contributed by atoms with van der Waals surface area (Å²) in [6.07, 6.45) is 8.59. The minimum absolute atomic E-state index is 0.0441. The number of nitrogens with zero attached hydrogens (tertiary/aromatic N) is 1. The summed E-state index contributed by atoms with van der Waals surface area (Å²) in [4.78, 5) is 41.3. The number of ketones is 1. The smallest absolute Gasteiger partial charge is 0.309 e. The van der Waals surface area contributed by atoms with E-state index in [1.807, 2.05) is 4.90 Å². The van der Waals surface area contributed by atoms with Crippen molar-refractivity contribution in [2.45, 2.75) is 83.7 Å². The summed E-state index contributed by atoms with van der Waals surface area (Å²) in [6.45, 7) is 4.51. The molecule has 5 nitrogen and oxygen atoms in total. The van der Waals surface area contributed by atoms with Gasteiger partial charge in [0.2, 0.25) is 0 Å². The number of hydrogen-bond donors (Lipinski definition) is 0. The highest BCUT2D eigenvalue weighted by Gasteiger charge is 2.55. The summed E-state index contributed by atoms with van der Waals surface area (Å²) < 4.78 is 19.3. The topological polar surface area (TPSA) is 63.7 Å². The van der Waals surface area contributed by atoms with Crippen molar-refractivity contribution in [1.82, 2.24) is 4.90 Å². The molecule has 200 valence electrons. The Labute approximate surface area is 219 Å². The van der Waals surface area contributed by atoms with E-state index in [1.165, 1.54) is 31.4 Å². The largest absolute Gasteiger partial charge is 0.455 e. The number of halogens is 1. The van der Waals surface area contributed by atoms with Gasteiger partial charge in [0.25, 0.3) is 5.91 Å². The van der Waals surface area contributed by atoms with Gasteiger partial charge in [-0.1, -0.05) is 19.1 Å². The molecule has 0 spiro atoms. The molecule has 5 fully saturated rings. The maximum Gasteiger partial charge on any atom is 0.309 e. The van der Waals surface area contributed by atoms with E-state index in [4.69, 9.17) is 4.74 Å². The van der Waals surface area contributed by atoms with Crippen LogP contribution >= 0.6 is 0 Å². The highest BCUT2D eigenvalue weighted by molar-refractivity contribution is 5.88. The first-order valence-electron chi connectivity index (χ1n) is 14.4. The van der Waals surface area contributed by atoms with Crippen molar-refractivity contribution in [2.24, 2.45) is 47.3 Å². The van der Waals surface area contributed by atoms with Gasteiger partial charge in [0.1, 0.15) is 11.6 Å². The third-order valence-corrected chi connectivity index (χ3v) is 10.7. The summed E-state index contributed by atoms with van der Waals surface area (Å²) in [5.41, 5.74) is 0.577. The first-order valence-corrected chi connectivity index (χ1v) is 14.4. The van der Waals surface area contributed by atoms with Gasteiger partial charge in [-0.25, -0.2) is 4.39 Å². The fourth-order valence-corrected chi connectivity index (χ4v) is 9.10. The van der Waals surface area contributed by atoms with E-state index in [0.717, 1.165) is 43.1 Å². The van der Waals surface area contributed by atoms with Crippen LogP contribution in [-0.2, 0) is 25.7 Å². The van der Waals surface area contributed by atoms with Gasteiger partial charge in [-0.3, -0.25) is 14.4 Å². The second kappa shape index (κ2) is 9.50. The van der Waals surface area contributed by atoms with Crippen LogP contribution in [0.5, 0.6) is 0 Å². The Morgan fingerprint density at radius 2 is 1.68 bits per heavy atom. The van der Waals surface area contributed by atoms with Crippen LogP contribution < -0.4 is 0 Å². The van der Waals surface area contributed by atoms with E-state index < -0.39 is 0 Å². The molecular formula is C31H40FNO4. The van der Waals surface area contributed by atoms with E-state index in [0.29, 0.717) is 42.9 Å². The number of hydrogen-bond acceptors (Lipinski definition) is 4. The number of Topliss-reactive ketones (excluding diaryl/α,β-unsaturated/α-hetero) is 1. The fraction of sp³-hybridized carbons (Fsp3) is 0.710. The number of carbonyl (C=O) groups is 3. The zero-order valence-corrected chi connectivity index (χ0v) is 22.2. The van der Waals surface area contributed by atoms with Gasteiger partial charge < -0.3 is 9.64 Å². The number of esters is 1. The molecular weight excluding hydrogens is 469 g/mol. The van der Waals surface area contributed by atoms with Crippen LogP contribution in [0.2, 0.25) is 0 Å². The van der Waals surface area contributed by atoms with Crippen LogP contribution in [0.4, 0.5) is 4.39 Å². The molecule has 37 heavy (non-hydrogen) atoms. The molecule has 0 N–H and O–H groups in total. The normalized spacial score (nSPS) is 39.9. The van der Waals surface area contributed by atoms with Gasteiger partial charge in [0, 0.05) is 23.9 Å². The minimum atomic E-state index is -0.334. The third kappa shape index (κ3) is 4.74. The van der Waals surface area contributed by atoms with Crippen molar-refractivity contribution in [1.29, 1.82) is 0 Å². The van der Waals surface area contributed by atoms with Crippen LogP contribution in [0.25, 0.3) is 0 Å². The predicted molar refractivity (Wildman–Crippen MR) is 136 cm³/mol. The molecule has 7 atom stereocenters. The molecule has 0 heterocycles. The SMILES string of the molecule is CC1CC2CC(C(=O)OCC(=O)N(Cc3ccc(F)cc3)C3(C)CC4CC5CC(C3)C5C4)CC(C1)C2=O. The average molecular weight is 510 g/mol. The highest BCUT2D eigenvalue weighted by atomic mass is 19.1. The van der Waals surface area contributed by atoms with E-state index >= 15 is 0 Å². The zero-order valence-electron chi connectivity index (χ0n) is 22.2. The summed E-state index contributed by atoms with van der Waals surface area (Å²) in [7, 11) is 0. The third-order valence-electron chi connectivity index (χ3n) is 10.7. The predicted octanol–water partition coefficient (Wildman–Crippen LogP) is 5.55. The van der Waals surface area contributed by atoms with E-state index in [1.54, 1.807) is 12.1 Å². The Morgan fingerprint density at radius 1 is 0.973 bits per heavy atom. The van der Waals surface area contributed by atoms with Crippen molar-refractivity contribution in [3.8, 4) is 0 Å². The van der Waals surface area contributed by atoms with E-state index in [-0.39, 0.29) is 47.6 Å². The first-order chi connectivity index (χ1) is 17.7. The average Bonchev–Trinajstić information content (AvgIpc) is 3.10. The summed E-state index contributed by atoms with van der Waals surface area (Å²) in [5, 5.41) is 0. The Balaban J connectivity index is 1.16. The Morgan fingerprint density at radius 3 is 2.38 bits per heavy atom. The molecule has 7 unspecified atom stereocenters. The monoisotopic (exact) mass is 509 g/mol. The second-order valence-corrected chi connectivity index (χ2v) is 13.4. The van der Waals surface area contributed by atoms with Crippen molar-refractivity contribution >= 4 is 17.7 Å². The number of fused-ring (bicyclic) bond motifs is 3. The molecule has 0 saturated heterocycles. The van der Waals surface area contributed by atoms with Crippen molar-refractivity contribution in [3.05, 3.63) is 35.6 Å². The molecule has 5 aliphatic rings. The standard InChI is InChI=1S/C31H40FNO4/c1-18-7-22-12-24(13-23(8-18)29(22)35)30(36)37-17-28(34)33(16-19-3-5-26(32)6-4-19)31(2)14-20-9-21-11-25(15-31)27(21)10-20/h3-6,18,20-25,27H,7-17H2,1-2H3. The van der Waals surface area contributed by atoms with Gasteiger partial charge >= 0.3 is 5.97 Å². The van der Waals surface area contributed by atoms with Gasteiger partial charge in [-0.2, -0.15) is 0 Å². The molecule has 5 saturated carbocycles. The zero-order chi connectivity index (χ0) is 25.9. The second-order valence-electron chi connectivity index (χ2n) is 13.4. The minimum Gasteiger partial charge on any atom is -0.455 e. The molecule has 4 bridgehead atoms. The van der Waals surface area contributed by atoms with Gasteiger partial charge in [-0.05, 0) is 112 Å². The number of benzene rings is 1. The van der Waals surface area contributed by atoms with Crippen LogP contribution in [-0.4, -0.2) is 34.7 Å². The lowest BCUT2D eigenvalue weighted by molar-refractivity contribution is -0.162. The van der Waals surface area contributed by atoms with Crippen LogP contribution in [0.3, 0.4) is 0 Å². The lowest BCUT2D eigenvalue weighted by atomic mass is 9.62. The molecule has 6 rings (SSSR count). The molecule has 5 aliphatic carbocycles. The molecule has 1 aromatic rings. The first kappa shape index (κ1) is 25.1. The number of carbonyl (C=O) groups excluding carboxylic acids is 3. The quantitative estimate of drug-likeness (QED) is 0.472. The highest BCUT2D eigenvalue weighted by Crippen LogP contribution is 2.61. The summed E-state index contributed by atoms with van der Waals surface area (Å²) in [5.74, 6) is 2.65. The van der Waals surface area contributed by atoms with Gasteiger partial charge in [-0.15, -0.1) is 0 Å². The van der Waals surface area contributed by atoms with Crippen LogP contribution in [0.15, 0.2) is 24.3 Å². The molecule has 0 aliphatic heterocycles. The molecule has 0 radical (unpaired) electrons. The summed E-state index contributed by atoms with van der Waals surface area (Å²) >= 11 is 0. The van der Waals surface area contributed by atoms with Crippen LogP contribution in [0, 0.1) is 53.2 Å². The number of rotatable bonds is 6. The van der Waals surface area contributed by atoms with Crippen molar-refractivity contribution in [2.75, 3.05) is 6.61 Å².